The smallest absolute Gasteiger partial charge is 0.334 e. The molecule has 0 aliphatic carbocycles. The first-order valence-electron chi connectivity index (χ1n) is 4.87. The molecule has 92 valence electrons. The van der Waals surface area contributed by atoms with Crippen molar-refractivity contribution < 1.29 is 24.5 Å². The molecule has 1 aromatic rings. The van der Waals surface area contributed by atoms with Crippen LogP contribution in [0.3, 0.4) is 0 Å². The van der Waals surface area contributed by atoms with Gasteiger partial charge in [-0.25, -0.2) is 4.79 Å². The molecule has 6 heteroatoms. The van der Waals surface area contributed by atoms with Crippen LogP contribution in [0.25, 0.3) is 0 Å². The Hall–Kier alpha value is -2.08. The van der Waals surface area contributed by atoms with E-state index < -0.39 is 18.0 Å². The number of aliphatic hydroxyl groups is 1. The van der Waals surface area contributed by atoms with Gasteiger partial charge in [0.1, 0.15) is 5.75 Å². The zero-order valence-corrected chi connectivity index (χ0v) is 9.21. The van der Waals surface area contributed by atoms with Crippen LogP contribution in [-0.4, -0.2) is 41.8 Å². The third-order valence-corrected chi connectivity index (χ3v) is 2.09. The van der Waals surface area contributed by atoms with Gasteiger partial charge in [-0.15, -0.1) is 0 Å². The molecule has 0 aromatic heterocycles. The fraction of sp³-hybridized carbons (Fsp3) is 0.273. The van der Waals surface area contributed by atoms with Gasteiger partial charge in [0.15, 0.2) is 6.10 Å². The van der Waals surface area contributed by atoms with Gasteiger partial charge in [-0.2, -0.15) is 0 Å². The predicted molar refractivity (Wildman–Crippen MR) is 59.0 cm³/mol. The highest BCUT2D eigenvalue weighted by Gasteiger charge is 2.14. The Balaban J connectivity index is 2.55. The third-order valence-electron chi connectivity index (χ3n) is 2.09. The number of amides is 1. The van der Waals surface area contributed by atoms with Crippen LogP contribution in [0.5, 0.6) is 5.75 Å². The van der Waals surface area contributed by atoms with Crippen LogP contribution in [0.1, 0.15) is 10.4 Å². The number of aliphatic carboxylic acids is 1. The number of hydrogen-bond acceptors (Lipinski definition) is 4. The van der Waals surface area contributed by atoms with E-state index in [-0.39, 0.29) is 6.54 Å². The van der Waals surface area contributed by atoms with E-state index in [1.54, 1.807) is 24.3 Å². The van der Waals surface area contributed by atoms with Gasteiger partial charge in [0, 0.05) is 5.56 Å². The number of carbonyl (C=O) groups is 2. The number of carboxylic acid groups (broad SMARTS) is 1. The first-order valence-corrected chi connectivity index (χ1v) is 4.87. The van der Waals surface area contributed by atoms with Gasteiger partial charge in [0.25, 0.3) is 5.91 Å². The lowest BCUT2D eigenvalue weighted by Gasteiger charge is -2.08. The molecule has 0 fully saturated rings. The van der Waals surface area contributed by atoms with E-state index in [0.717, 1.165) is 0 Å². The lowest BCUT2D eigenvalue weighted by molar-refractivity contribution is -0.146. The fourth-order valence-corrected chi connectivity index (χ4v) is 1.12. The minimum Gasteiger partial charge on any atom is -0.497 e. The molecule has 0 heterocycles. The highest BCUT2D eigenvalue weighted by molar-refractivity contribution is 5.94. The summed E-state index contributed by atoms with van der Waals surface area (Å²) in [5, 5.41) is 19.7. The van der Waals surface area contributed by atoms with Gasteiger partial charge >= 0.3 is 5.97 Å². The van der Waals surface area contributed by atoms with E-state index in [4.69, 9.17) is 14.9 Å². The van der Waals surface area contributed by atoms with Crippen LogP contribution >= 0.6 is 0 Å². The standard InChI is InChI=1S/C11H13NO5/c1-17-8-4-2-7(3-5-8)10(14)12-6-9(13)11(15)16/h2-5,9,13H,6H2,1H3,(H,12,14)(H,15,16). The molecule has 0 saturated carbocycles. The summed E-state index contributed by atoms with van der Waals surface area (Å²) in [4.78, 5) is 21.8. The SMILES string of the molecule is COc1ccc(C(=O)NCC(O)C(=O)O)cc1. The number of carboxylic acids is 1. The molecule has 1 aromatic carbocycles. The predicted octanol–water partition coefficient (Wildman–Crippen LogP) is -0.130. The first kappa shape index (κ1) is 13.0. The molecule has 0 aliphatic heterocycles. The van der Waals surface area contributed by atoms with E-state index in [0.29, 0.717) is 11.3 Å². The van der Waals surface area contributed by atoms with Gasteiger partial charge in [-0.1, -0.05) is 0 Å². The van der Waals surface area contributed by atoms with Gasteiger partial charge in [-0.3, -0.25) is 4.79 Å². The summed E-state index contributed by atoms with van der Waals surface area (Å²) >= 11 is 0. The van der Waals surface area contributed by atoms with Crippen molar-refractivity contribution in [1.29, 1.82) is 0 Å². The lowest BCUT2D eigenvalue weighted by atomic mass is 10.2. The molecular weight excluding hydrogens is 226 g/mol. The van der Waals surface area contributed by atoms with Crippen LogP contribution in [0.4, 0.5) is 0 Å². The Morgan fingerprint density at radius 1 is 1.35 bits per heavy atom. The zero-order valence-electron chi connectivity index (χ0n) is 9.21. The summed E-state index contributed by atoms with van der Waals surface area (Å²) in [6, 6.07) is 6.31. The number of ether oxygens (including phenoxy) is 1. The van der Waals surface area contributed by atoms with Crippen molar-refractivity contribution in [1.82, 2.24) is 5.32 Å². The zero-order chi connectivity index (χ0) is 12.8. The maximum absolute atomic E-state index is 11.5. The molecule has 1 rings (SSSR count). The van der Waals surface area contributed by atoms with Crippen molar-refractivity contribution in [2.45, 2.75) is 6.10 Å². The van der Waals surface area contributed by atoms with Gasteiger partial charge in [0.2, 0.25) is 0 Å². The van der Waals surface area contributed by atoms with Crippen LogP contribution in [0, 0.1) is 0 Å². The summed E-state index contributed by atoms with van der Waals surface area (Å²) in [7, 11) is 1.51. The average molecular weight is 239 g/mol. The maximum atomic E-state index is 11.5. The summed E-state index contributed by atoms with van der Waals surface area (Å²) < 4.78 is 4.93. The monoisotopic (exact) mass is 239 g/mol. The highest BCUT2D eigenvalue weighted by Crippen LogP contribution is 2.10. The molecule has 0 spiro atoms. The molecule has 6 nitrogen and oxygen atoms in total. The molecule has 0 aliphatic rings. The minimum atomic E-state index is -1.60. The van der Waals surface area contributed by atoms with Crippen molar-refractivity contribution in [2.75, 3.05) is 13.7 Å². The second kappa shape index (κ2) is 5.86. The molecule has 3 N–H and O–H groups in total. The van der Waals surface area contributed by atoms with Crippen LogP contribution in [0.15, 0.2) is 24.3 Å². The lowest BCUT2D eigenvalue weighted by Crippen LogP contribution is -2.36. The van der Waals surface area contributed by atoms with Crippen LogP contribution in [0.2, 0.25) is 0 Å². The number of hydrogen-bond donors (Lipinski definition) is 3. The largest absolute Gasteiger partial charge is 0.497 e. The molecule has 1 unspecified atom stereocenters. The van der Waals surface area contributed by atoms with Crippen molar-refractivity contribution in [3.05, 3.63) is 29.8 Å². The quantitative estimate of drug-likeness (QED) is 0.665. The normalized spacial score (nSPS) is 11.6. The number of benzene rings is 1. The van der Waals surface area contributed by atoms with Crippen LogP contribution in [-0.2, 0) is 4.79 Å². The van der Waals surface area contributed by atoms with Gasteiger partial charge in [0.05, 0.1) is 13.7 Å². The number of aliphatic hydroxyl groups excluding tert-OH is 1. The number of methoxy groups -OCH3 is 1. The molecule has 0 saturated heterocycles. The number of nitrogens with one attached hydrogen (secondary N) is 1. The molecule has 17 heavy (non-hydrogen) atoms. The Morgan fingerprint density at radius 2 is 1.94 bits per heavy atom. The Bertz CT molecular complexity index is 401. The molecule has 0 radical (unpaired) electrons. The highest BCUT2D eigenvalue weighted by atomic mass is 16.5. The van der Waals surface area contributed by atoms with Crippen molar-refractivity contribution in [3.8, 4) is 5.75 Å². The Kier molecular flexibility index (Phi) is 4.47. The molecular formula is C11H13NO5. The maximum Gasteiger partial charge on any atom is 0.334 e. The Labute approximate surface area is 97.8 Å². The van der Waals surface area contributed by atoms with E-state index in [1.807, 2.05) is 0 Å². The second-order valence-electron chi connectivity index (χ2n) is 3.29. The van der Waals surface area contributed by atoms with Crippen molar-refractivity contribution in [3.63, 3.8) is 0 Å². The topological polar surface area (TPSA) is 95.9 Å². The van der Waals surface area contributed by atoms with Crippen molar-refractivity contribution >= 4 is 11.9 Å². The molecule has 1 amide bonds. The third kappa shape index (κ3) is 3.76. The number of rotatable bonds is 5. The first-order chi connectivity index (χ1) is 8.04. The van der Waals surface area contributed by atoms with E-state index in [2.05, 4.69) is 5.32 Å². The fourth-order valence-electron chi connectivity index (χ4n) is 1.12. The van der Waals surface area contributed by atoms with Crippen molar-refractivity contribution in [2.24, 2.45) is 0 Å². The number of carbonyl (C=O) groups excluding carboxylic acids is 1. The molecule has 0 bridgehead atoms. The van der Waals surface area contributed by atoms with E-state index in [9.17, 15) is 9.59 Å². The van der Waals surface area contributed by atoms with Gasteiger partial charge < -0.3 is 20.3 Å². The van der Waals surface area contributed by atoms with Gasteiger partial charge in [-0.05, 0) is 24.3 Å². The summed E-state index contributed by atoms with van der Waals surface area (Å²) in [5.41, 5.74) is 0.364. The van der Waals surface area contributed by atoms with E-state index in [1.165, 1.54) is 7.11 Å². The summed E-state index contributed by atoms with van der Waals surface area (Å²) in [6.45, 7) is -0.333. The second-order valence-corrected chi connectivity index (χ2v) is 3.29. The van der Waals surface area contributed by atoms with E-state index >= 15 is 0 Å². The Morgan fingerprint density at radius 3 is 2.41 bits per heavy atom. The summed E-state index contributed by atoms with van der Waals surface area (Å²) in [5.74, 6) is -1.21. The average Bonchev–Trinajstić information content (AvgIpc) is 2.35. The van der Waals surface area contributed by atoms with Crippen LogP contribution < -0.4 is 10.1 Å². The molecule has 1 atom stereocenters. The minimum absolute atomic E-state index is 0.333. The summed E-state index contributed by atoms with van der Waals surface area (Å²) in [6.07, 6.45) is -1.60.